The molecule has 1 unspecified atom stereocenters. The van der Waals surface area contributed by atoms with Crippen LogP contribution in [0.15, 0.2) is 34.9 Å². The molecule has 25 heavy (non-hydrogen) atoms. The van der Waals surface area contributed by atoms with Crippen LogP contribution in [0.25, 0.3) is 11.4 Å². The lowest BCUT2D eigenvalue weighted by atomic mass is 9.61. The zero-order valence-corrected chi connectivity index (χ0v) is 14.2. The molecule has 4 rings (SSSR count). The zero-order chi connectivity index (χ0) is 17.3. The number of amides is 1. The van der Waals surface area contributed by atoms with Gasteiger partial charge in [-0.15, -0.1) is 0 Å². The Kier molecular flexibility index (Phi) is 4.29. The number of benzene rings is 1. The fraction of sp³-hybridized carbons (Fsp3) is 0.526. The molecule has 1 saturated heterocycles. The van der Waals surface area contributed by atoms with E-state index in [0.717, 1.165) is 44.3 Å². The van der Waals surface area contributed by atoms with Crippen molar-refractivity contribution < 1.29 is 14.4 Å². The molecular weight excluding hydrogens is 318 g/mol. The third-order valence-corrected chi connectivity index (χ3v) is 5.79. The van der Waals surface area contributed by atoms with Gasteiger partial charge in [-0.25, -0.2) is 0 Å². The summed E-state index contributed by atoms with van der Waals surface area (Å²) in [7, 11) is 0. The number of carbonyl (C=O) groups is 1. The highest BCUT2D eigenvalue weighted by Gasteiger charge is 2.47. The summed E-state index contributed by atoms with van der Waals surface area (Å²) in [6.45, 7) is 1.49. The number of rotatable bonds is 4. The summed E-state index contributed by atoms with van der Waals surface area (Å²) in [5, 5.41) is 13.9. The van der Waals surface area contributed by atoms with Gasteiger partial charge in [0.2, 0.25) is 17.6 Å². The molecule has 1 aromatic carbocycles. The lowest BCUT2D eigenvalue weighted by molar-refractivity contribution is -0.141. The van der Waals surface area contributed by atoms with E-state index in [9.17, 15) is 9.90 Å². The maximum Gasteiger partial charge on any atom is 0.227 e. The zero-order valence-electron chi connectivity index (χ0n) is 14.2. The highest BCUT2D eigenvalue weighted by atomic mass is 16.5. The second-order valence-electron chi connectivity index (χ2n) is 7.18. The average Bonchev–Trinajstić information content (AvgIpc) is 3.15. The minimum atomic E-state index is -0.167. The van der Waals surface area contributed by atoms with Gasteiger partial charge in [0.05, 0.1) is 6.10 Å². The number of aliphatic hydroxyl groups excluding tert-OH is 1. The van der Waals surface area contributed by atoms with Crippen LogP contribution < -0.4 is 0 Å². The number of aliphatic hydroxyl groups is 1. The van der Waals surface area contributed by atoms with Gasteiger partial charge in [-0.2, -0.15) is 4.98 Å². The van der Waals surface area contributed by atoms with E-state index in [1.165, 1.54) is 0 Å². The summed E-state index contributed by atoms with van der Waals surface area (Å²) in [4.78, 5) is 18.7. The van der Waals surface area contributed by atoms with Crippen molar-refractivity contribution in [3.63, 3.8) is 0 Å². The molecule has 2 aromatic rings. The predicted octanol–water partition coefficient (Wildman–Crippen LogP) is 2.43. The van der Waals surface area contributed by atoms with Crippen molar-refractivity contribution in [2.45, 2.75) is 44.6 Å². The maximum atomic E-state index is 12.4. The summed E-state index contributed by atoms with van der Waals surface area (Å²) in [5.74, 6) is 1.18. The van der Waals surface area contributed by atoms with Gasteiger partial charge in [-0.1, -0.05) is 35.5 Å². The van der Waals surface area contributed by atoms with Crippen LogP contribution in [0.2, 0.25) is 0 Å². The smallest absolute Gasteiger partial charge is 0.227 e. The molecule has 6 heteroatoms. The van der Waals surface area contributed by atoms with Gasteiger partial charge in [0, 0.05) is 31.5 Å². The van der Waals surface area contributed by atoms with Gasteiger partial charge in [-0.3, -0.25) is 4.79 Å². The van der Waals surface area contributed by atoms with Gasteiger partial charge >= 0.3 is 0 Å². The number of piperidine rings is 1. The highest BCUT2D eigenvalue weighted by molar-refractivity contribution is 5.76. The van der Waals surface area contributed by atoms with Crippen LogP contribution in [0, 0.1) is 5.41 Å². The SMILES string of the molecule is O=C(CCc1nc(-c2ccccc2)no1)N1CCC2(CCC2O)CC1. The summed E-state index contributed by atoms with van der Waals surface area (Å²) in [6, 6.07) is 9.65. The van der Waals surface area contributed by atoms with E-state index >= 15 is 0 Å². The molecule has 2 fully saturated rings. The molecule has 0 radical (unpaired) electrons. The monoisotopic (exact) mass is 341 g/mol. The molecular formula is C19H23N3O3. The van der Waals surface area contributed by atoms with Crippen molar-refractivity contribution >= 4 is 5.91 Å². The fourth-order valence-electron chi connectivity index (χ4n) is 3.90. The van der Waals surface area contributed by atoms with E-state index in [1.54, 1.807) is 0 Å². The first-order valence-corrected chi connectivity index (χ1v) is 9.00. The molecule has 1 spiro atoms. The standard InChI is InChI=1S/C19H23N3O3/c23-15-8-9-19(15)10-12-22(13-11-19)17(24)7-6-16-20-18(21-25-16)14-4-2-1-3-5-14/h1-5,15,23H,6-13H2. The Bertz CT molecular complexity index is 735. The number of nitrogens with zero attached hydrogens (tertiary/aromatic N) is 3. The van der Waals surface area contributed by atoms with E-state index in [4.69, 9.17) is 4.52 Å². The van der Waals surface area contributed by atoms with Crippen LogP contribution in [0.3, 0.4) is 0 Å². The normalized spacial score (nSPS) is 22.0. The third kappa shape index (κ3) is 3.18. The first-order valence-electron chi connectivity index (χ1n) is 9.00. The van der Waals surface area contributed by atoms with Crippen LogP contribution in [-0.2, 0) is 11.2 Å². The number of hydrogen-bond donors (Lipinski definition) is 1. The summed E-state index contributed by atoms with van der Waals surface area (Å²) in [5.41, 5.74) is 0.998. The van der Waals surface area contributed by atoms with E-state index in [1.807, 2.05) is 35.2 Å². The number of hydrogen-bond acceptors (Lipinski definition) is 5. The largest absolute Gasteiger partial charge is 0.393 e. The fourth-order valence-corrected chi connectivity index (χ4v) is 3.90. The Balaban J connectivity index is 1.29. The number of aromatic nitrogens is 2. The first kappa shape index (κ1) is 16.3. The molecule has 1 aromatic heterocycles. The Morgan fingerprint density at radius 2 is 2.00 bits per heavy atom. The Hall–Kier alpha value is -2.21. The van der Waals surface area contributed by atoms with Gasteiger partial charge in [0.1, 0.15) is 0 Å². The van der Waals surface area contributed by atoms with Crippen LogP contribution in [0.5, 0.6) is 0 Å². The van der Waals surface area contributed by atoms with Crippen LogP contribution in [-0.4, -0.2) is 45.2 Å². The van der Waals surface area contributed by atoms with E-state index in [-0.39, 0.29) is 17.4 Å². The molecule has 6 nitrogen and oxygen atoms in total. The van der Waals surface area contributed by atoms with Crippen molar-refractivity contribution in [1.29, 1.82) is 0 Å². The van der Waals surface area contributed by atoms with Crippen LogP contribution >= 0.6 is 0 Å². The molecule has 1 N–H and O–H groups in total. The highest BCUT2D eigenvalue weighted by Crippen LogP contribution is 2.49. The van der Waals surface area contributed by atoms with Crippen molar-refractivity contribution in [2.75, 3.05) is 13.1 Å². The number of carbonyl (C=O) groups excluding carboxylic acids is 1. The van der Waals surface area contributed by atoms with Gasteiger partial charge < -0.3 is 14.5 Å². The van der Waals surface area contributed by atoms with Gasteiger partial charge in [-0.05, 0) is 31.1 Å². The second kappa shape index (κ2) is 6.59. The second-order valence-corrected chi connectivity index (χ2v) is 7.18. The molecule has 2 aliphatic rings. The van der Waals surface area contributed by atoms with Crippen molar-refractivity contribution in [3.05, 3.63) is 36.2 Å². The minimum absolute atomic E-state index is 0.0911. The molecule has 132 valence electrons. The lowest BCUT2D eigenvalue weighted by Crippen LogP contribution is -2.53. The predicted molar refractivity (Wildman–Crippen MR) is 91.5 cm³/mol. The lowest BCUT2D eigenvalue weighted by Gasteiger charge is -2.51. The van der Waals surface area contributed by atoms with Gasteiger partial charge in [0.15, 0.2) is 0 Å². The molecule has 1 atom stereocenters. The molecule has 1 saturated carbocycles. The van der Waals surface area contributed by atoms with Crippen LogP contribution in [0.4, 0.5) is 0 Å². The number of aryl methyl sites for hydroxylation is 1. The number of likely N-dealkylation sites (tertiary alicyclic amines) is 1. The van der Waals surface area contributed by atoms with Crippen molar-refractivity contribution in [3.8, 4) is 11.4 Å². The van der Waals surface area contributed by atoms with E-state index in [0.29, 0.717) is 24.6 Å². The molecule has 2 heterocycles. The average molecular weight is 341 g/mol. The Morgan fingerprint density at radius 1 is 1.24 bits per heavy atom. The van der Waals surface area contributed by atoms with E-state index < -0.39 is 0 Å². The maximum absolute atomic E-state index is 12.4. The molecule has 0 bridgehead atoms. The Morgan fingerprint density at radius 3 is 2.64 bits per heavy atom. The van der Waals surface area contributed by atoms with Crippen LogP contribution in [0.1, 0.15) is 38.0 Å². The van der Waals surface area contributed by atoms with Crippen molar-refractivity contribution in [1.82, 2.24) is 15.0 Å². The Labute approximate surface area is 146 Å². The molecule has 1 aliphatic heterocycles. The van der Waals surface area contributed by atoms with E-state index in [2.05, 4.69) is 10.1 Å². The summed E-state index contributed by atoms with van der Waals surface area (Å²) in [6.07, 6.45) is 4.51. The first-order chi connectivity index (χ1) is 12.2. The molecule has 1 aliphatic carbocycles. The van der Waals surface area contributed by atoms with Crippen molar-refractivity contribution in [2.24, 2.45) is 5.41 Å². The minimum Gasteiger partial charge on any atom is -0.393 e. The summed E-state index contributed by atoms with van der Waals surface area (Å²) >= 11 is 0. The third-order valence-electron chi connectivity index (χ3n) is 5.79. The quantitative estimate of drug-likeness (QED) is 0.924. The van der Waals surface area contributed by atoms with Gasteiger partial charge in [0.25, 0.3) is 0 Å². The summed E-state index contributed by atoms with van der Waals surface area (Å²) < 4.78 is 5.27. The molecule has 1 amide bonds. The topological polar surface area (TPSA) is 79.5 Å².